The zero-order valence-corrected chi connectivity index (χ0v) is 11.3. The number of amides is 2. The molecule has 0 radical (unpaired) electrons. The molecule has 2 saturated heterocycles. The van der Waals surface area contributed by atoms with Gasteiger partial charge in [-0.1, -0.05) is 12.8 Å². The summed E-state index contributed by atoms with van der Waals surface area (Å²) in [4.78, 5) is 27.3. The maximum atomic E-state index is 12.3. The van der Waals surface area contributed by atoms with E-state index in [1.165, 1.54) is 9.80 Å². The number of carbonyl (C=O) groups excluding carboxylic acids is 2. The summed E-state index contributed by atoms with van der Waals surface area (Å²) in [7, 11) is 0. The number of aliphatic hydroxyl groups excluding tert-OH is 1. The van der Waals surface area contributed by atoms with Crippen molar-refractivity contribution in [2.75, 3.05) is 19.8 Å². The summed E-state index contributed by atoms with van der Waals surface area (Å²) in [6.45, 7) is 2.07. The van der Waals surface area contributed by atoms with Crippen molar-refractivity contribution >= 4 is 11.8 Å². The van der Waals surface area contributed by atoms with Crippen LogP contribution in [0.2, 0.25) is 0 Å². The van der Waals surface area contributed by atoms with Crippen molar-refractivity contribution in [3.05, 3.63) is 0 Å². The smallest absolute Gasteiger partial charge is 0.237 e. The molecule has 1 saturated carbocycles. The number of nitrogens with one attached hydrogen (secondary N) is 1. The molecule has 4 atom stereocenters. The fourth-order valence-corrected chi connectivity index (χ4v) is 3.88. The fourth-order valence-electron chi connectivity index (χ4n) is 3.88. The quantitative estimate of drug-likeness (QED) is 0.641. The van der Waals surface area contributed by atoms with E-state index >= 15 is 0 Å². The third kappa shape index (κ3) is 2.41. The number of rotatable bonds is 2. The zero-order valence-electron chi connectivity index (χ0n) is 11.3. The normalized spacial score (nSPS) is 39.5. The minimum Gasteiger partial charge on any atom is -0.387 e. The zero-order chi connectivity index (χ0) is 13.4. The van der Waals surface area contributed by atoms with Crippen LogP contribution in [-0.4, -0.2) is 47.7 Å². The highest BCUT2D eigenvalue weighted by atomic mass is 16.3. The van der Waals surface area contributed by atoms with E-state index in [1.807, 2.05) is 0 Å². The number of piperidine rings is 1. The van der Waals surface area contributed by atoms with Crippen molar-refractivity contribution in [3.63, 3.8) is 0 Å². The molecule has 2 aliphatic heterocycles. The maximum Gasteiger partial charge on any atom is 0.237 e. The number of hydrogen-bond donors (Lipinski definition) is 2. The van der Waals surface area contributed by atoms with Crippen molar-refractivity contribution in [1.29, 1.82) is 0 Å². The Balaban J connectivity index is 1.67. The van der Waals surface area contributed by atoms with Gasteiger partial charge in [-0.15, -0.1) is 0 Å². The third-order valence-electron chi connectivity index (χ3n) is 4.91. The predicted octanol–water partition coefficient (Wildman–Crippen LogP) is -0.841. The molecule has 0 aromatic rings. The Bertz CT molecular complexity index is 361. The van der Waals surface area contributed by atoms with Gasteiger partial charge in [0.2, 0.25) is 11.8 Å². The predicted molar refractivity (Wildman–Crippen MR) is 68.1 cm³/mol. The Labute approximate surface area is 113 Å². The molecule has 0 spiro atoms. The molecule has 2 N–H and O–H groups in total. The van der Waals surface area contributed by atoms with Crippen molar-refractivity contribution in [3.8, 4) is 0 Å². The molecule has 2 heterocycles. The van der Waals surface area contributed by atoms with E-state index in [2.05, 4.69) is 0 Å². The number of carbonyl (C=O) groups is 2. The van der Waals surface area contributed by atoms with Crippen LogP contribution < -0.4 is 4.90 Å². The molecular weight excluding hydrogens is 244 g/mol. The Morgan fingerprint density at radius 1 is 1.05 bits per heavy atom. The number of likely N-dealkylation sites (tertiary alicyclic amines) is 2. The first kappa shape index (κ1) is 13.1. The molecule has 5 nitrogen and oxygen atoms in total. The molecule has 19 heavy (non-hydrogen) atoms. The lowest BCUT2D eigenvalue weighted by molar-refractivity contribution is -0.915. The van der Waals surface area contributed by atoms with E-state index in [0.717, 1.165) is 45.1 Å². The second-order valence-corrected chi connectivity index (χ2v) is 6.26. The molecule has 1 unspecified atom stereocenters. The van der Waals surface area contributed by atoms with Crippen LogP contribution >= 0.6 is 0 Å². The molecule has 3 rings (SSSR count). The SMILES string of the molecule is O=C1[C@@H]2CCCC[C@H]2C(=O)N1C[NH+]1CCC[C@H](O)C1. The van der Waals surface area contributed by atoms with Crippen LogP contribution in [0, 0.1) is 11.8 Å². The molecule has 0 aromatic heterocycles. The number of imide groups is 1. The van der Waals surface area contributed by atoms with Gasteiger partial charge in [0, 0.05) is 0 Å². The van der Waals surface area contributed by atoms with Gasteiger partial charge in [0.25, 0.3) is 0 Å². The van der Waals surface area contributed by atoms with Gasteiger partial charge >= 0.3 is 0 Å². The van der Waals surface area contributed by atoms with E-state index < -0.39 is 0 Å². The summed E-state index contributed by atoms with van der Waals surface area (Å²) in [6.07, 6.45) is 5.44. The van der Waals surface area contributed by atoms with Gasteiger partial charge in [0.05, 0.1) is 18.4 Å². The average molecular weight is 267 g/mol. The van der Waals surface area contributed by atoms with Crippen LogP contribution in [0.5, 0.6) is 0 Å². The van der Waals surface area contributed by atoms with Crippen LogP contribution in [0.4, 0.5) is 0 Å². The van der Waals surface area contributed by atoms with Gasteiger partial charge in [-0.3, -0.25) is 9.59 Å². The highest BCUT2D eigenvalue weighted by Crippen LogP contribution is 2.37. The van der Waals surface area contributed by atoms with Crippen LogP contribution in [0.25, 0.3) is 0 Å². The summed E-state index contributed by atoms with van der Waals surface area (Å²) in [6, 6.07) is 0. The molecule has 106 valence electrons. The molecule has 0 aromatic carbocycles. The number of aliphatic hydroxyl groups is 1. The van der Waals surface area contributed by atoms with Gasteiger partial charge in [-0.25, -0.2) is 4.90 Å². The van der Waals surface area contributed by atoms with Gasteiger partial charge < -0.3 is 10.0 Å². The highest BCUT2D eigenvalue weighted by molar-refractivity contribution is 6.05. The topological polar surface area (TPSA) is 62.0 Å². The summed E-state index contributed by atoms with van der Waals surface area (Å²) in [5.74, 6) is -0.00439. The van der Waals surface area contributed by atoms with E-state index in [-0.39, 0.29) is 29.8 Å². The Morgan fingerprint density at radius 3 is 2.26 bits per heavy atom. The molecule has 3 fully saturated rings. The van der Waals surface area contributed by atoms with Crippen molar-refractivity contribution in [2.45, 2.75) is 44.6 Å². The van der Waals surface area contributed by atoms with Crippen molar-refractivity contribution in [2.24, 2.45) is 11.8 Å². The summed E-state index contributed by atoms with van der Waals surface area (Å²) < 4.78 is 0. The van der Waals surface area contributed by atoms with Crippen LogP contribution in [0.1, 0.15) is 38.5 Å². The number of fused-ring (bicyclic) bond motifs is 1. The number of hydrogen-bond acceptors (Lipinski definition) is 3. The highest BCUT2D eigenvalue weighted by Gasteiger charge is 2.49. The van der Waals surface area contributed by atoms with E-state index in [4.69, 9.17) is 0 Å². The maximum absolute atomic E-state index is 12.3. The Morgan fingerprint density at radius 2 is 1.68 bits per heavy atom. The molecular formula is C14H23N2O3+. The second-order valence-electron chi connectivity index (χ2n) is 6.26. The fraction of sp³-hybridized carbons (Fsp3) is 0.857. The monoisotopic (exact) mass is 267 g/mol. The van der Waals surface area contributed by atoms with Gasteiger partial charge in [-0.2, -0.15) is 0 Å². The standard InChI is InChI=1S/C14H22N2O3/c17-10-4-3-7-15(8-10)9-16-13(18)11-5-1-2-6-12(11)14(16)19/h10-12,17H,1-9H2/p+1/t10-,11+,12+/m0/s1. The summed E-state index contributed by atoms with van der Waals surface area (Å²) >= 11 is 0. The third-order valence-corrected chi connectivity index (χ3v) is 4.91. The van der Waals surface area contributed by atoms with Crippen LogP contribution in [0.15, 0.2) is 0 Å². The van der Waals surface area contributed by atoms with Crippen LogP contribution in [0.3, 0.4) is 0 Å². The van der Waals surface area contributed by atoms with E-state index in [0.29, 0.717) is 13.2 Å². The largest absolute Gasteiger partial charge is 0.387 e. The first-order valence-electron chi connectivity index (χ1n) is 7.53. The summed E-state index contributed by atoms with van der Waals surface area (Å²) in [5, 5.41) is 9.68. The minimum absolute atomic E-state index is 0.0438. The van der Waals surface area contributed by atoms with Gasteiger partial charge in [0.15, 0.2) is 6.67 Å². The molecule has 5 heteroatoms. The number of quaternary nitrogens is 1. The average Bonchev–Trinajstić information content (AvgIpc) is 2.65. The van der Waals surface area contributed by atoms with E-state index in [1.54, 1.807) is 0 Å². The Hall–Kier alpha value is -0.940. The molecule has 1 aliphatic carbocycles. The lowest BCUT2D eigenvalue weighted by Crippen LogP contribution is -3.15. The minimum atomic E-state index is -0.279. The molecule has 2 amide bonds. The van der Waals surface area contributed by atoms with Crippen LogP contribution in [-0.2, 0) is 9.59 Å². The van der Waals surface area contributed by atoms with E-state index in [9.17, 15) is 14.7 Å². The van der Waals surface area contributed by atoms with Gasteiger partial charge in [0.1, 0.15) is 12.6 Å². The molecule has 3 aliphatic rings. The number of nitrogens with zero attached hydrogens (tertiary/aromatic N) is 1. The van der Waals surface area contributed by atoms with Crippen molar-refractivity contribution < 1.29 is 19.6 Å². The second kappa shape index (κ2) is 5.21. The van der Waals surface area contributed by atoms with Crippen molar-refractivity contribution in [1.82, 2.24) is 4.90 Å². The van der Waals surface area contributed by atoms with Gasteiger partial charge in [-0.05, 0) is 25.7 Å². The molecule has 0 bridgehead atoms. The lowest BCUT2D eigenvalue weighted by atomic mass is 9.81. The lowest BCUT2D eigenvalue weighted by Gasteiger charge is -2.29. The summed E-state index contributed by atoms with van der Waals surface area (Å²) in [5.41, 5.74) is 0. The first-order valence-corrected chi connectivity index (χ1v) is 7.53. The Kier molecular flexibility index (Phi) is 3.58. The first-order chi connectivity index (χ1) is 9.16.